The third-order valence-corrected chi connectivity index (χ3v) is 4.79. The van der Waals surface area contributed by atoms with E-state index in [1.807, 2.05) is 19.1 Å². The van der Waals surface area contributed by atoms with Crippen LogP contribution < -0.4 is 10.6 Å². The number of anilines is 2. The first-order valence-electron chi connectivity index (χ1n) is 8.96. The summed E-state index contributed by atoms with van der Waals surface area (Å²) in [7, 11) is 0. The smallest absolute Gasteiger partial charge is 0.256 e. The molecular weight excluding hydrogens is 357 g/mol. The molecule has 5 nitrogen and oxygen atoms in total. The zero-order valence-corrected chi connectivity index (χ0v) is 15.3. The predicted molar refractivity (Wildman–Crippen MR) is 106 cm³/mol. The molecule has 0 fully saturated rings. The second kappa shape index (κ2) is 7.23. The van der Waals surface area contributed by atoms with Crippen LogP contribution in [0.15, 0.2) is 54.9 Å². The van der Waals surface area contributed by atoms with Crippen molar-refractivity contribution in [2.45, 2.75) is 19.8 Å². The fraction of sp³-hybridized carbons (Fsp3) is 0.136. The Morgan fingerprint density at radius 2 is 1.96 bits per heavy atom. The summed E-state index contributed by atoms with van der Waals surface area (Å²) in [6, 6.07) is 11.5. The van der Waals surface area contributed by atoms with Crippen LogP contribution in [-0.4, -0.2) is 16.8 Å². The number of halogens is 1. The quantitative estimate of drug-likeness (QED) is 0.716. The monoisotopic (exact) mass is 375 g/mol. The van der Waals surface area contributed by atoms with Gasteiger partial charge in [-0.1, -0.05) is 18.2 Å². The highest BCUT2D eigenvalue weighted by atomic mass is 19.1. The van der Waals surface area contributed by atoms with Crippen molar-refractivity contribution in [3.8, 4) is 11.1 Å². The number of aromatic nitrogens is 1. The maximum Gasteiger partial charge on any atom is 0.256 e. The molecule has 1 aliphatic rings. The van der Waals surface area contributed by atoms with Crippen molar-refractivity contribution in [3.05, 3.63) is 77.4 Å². The standard InChI is InChI=1S/C22H18FN3O2/c1-13-10-15(11-14-6-7-20(27)26-21(13)14)25-22(28)17-8-9-24-12-18(17)16-4-2-3-5-19(16)23/h2-5,8-12H,6-7H2,1H3,(H,25,28)(H,26,27). The van der Waals surface area contributed by atoms with Crippen LogP contribution in [0, 0.1) is 12.7 Å². The zero-order chi connectivity index (χ0) is 19.7. The summed E-state index contributed by atoms with van der Waals surface area (Å²) in [6.45, 7) is 1.89. The van der Waals surface area contributed by atoms with Gasteiger partial charge in [0.05, 0.1) is 5.56 Å². The topological polar surface area (TPSA) is 71.1 Å². The van der Waals surface area contributed by atoms with E-state index >= 15 is 0 Å². The normalized spacial score (nSPS) is 12.9. The van der Waals surface area contributed by atoms with Gasteiger partial charge in [-0.15, -0.1) is 0 Å². The summed E-state index contributed by atoms with van der Waals surface area (Å²) in [5.41, 5.74) is 4.40. The van der Waals surface area contributed by atoms with E-state index in [-0.39, 0.29) is 11.8 Å². The molecule has 1 aromatic heterocycles. The van der Waals surface area contributed by atoms with Gasteiger partial charge in [0.1, 0.15) is 5.82 Å². The van der Waals surface area contributed by atoms with Crippen LogP contribution in [0.1, 0.15) is 27.9 Å². The molecule has 4 rings (SSSR count). The van der Waals surface area contributed by atoms with Gasteiger partial charge in [-0.2, -0.15) is 0 Å². The fourth-order valence-electron chi connectivity index (χ4n) is 3.44. The lowest BCUT2D eigenvalue weighted by atomic mass is 9.98. The highest BCUT2D eigenvalue weighted by molar-refractivity contribution is 6.09. The molecule has 0 unspecified atom stereocenters. The minimum Gasteiger partial charge on any atom is -0.326 e. The van der Waals surface area contributed by atoms with E-state index in [0.717, 1.165) is 16.8 Å². The summed E-state index contributed by atoms with van der Waals surface area (Å²) in [6.07, 6.45) is 4.04. The Kier molecular flexibility index (Phi) is 4.61. The number of rotatable bonds is 3. The van der Waals surface area contributed by atoms with Crippen LogP contribution in [0.2, 0.25) is 0 Å². The molecule has 0 atom stereocenters. The Morgan fingerprint density at radius 1 is 1.14 bits per heavy atom. The van der Waals surface area contributed by atoms with Gasteiger partial charge in [0, 0.05) is 41.3 Å². The third kappa shape index (κ3) is 3.36. The molecule has 2 N–H and O–H groups in total. The first-order valence-corrected chi connectivity index (χ1v) is 8.96. The summed E-state index contributed by atoms with van der Waals surface area (Å²) in [5, 5.41) is 5.76. The van der Waals surface area contributed by atoms with Gasteiger partial charge in [-0.3, -0.25) is 14.6 Å². The first kappa shape index (κ1) is 17.9. The molecule has 3 aromatic rings. The number of aryl methyl sites for hydroxylation is 2. The van der Waals surface area contributed by atoms with Crippen LogP contribution in [0.3, 0.4) is 0 Å². The molecule has 140 valence electrons. The number of carbonyl (C=O) groups excluding carboxylic acids is 2. The minimum absolute atomic E-state index is 0.00120. The molecular formula is C22H18FN3O2. The summed E-state index contributed by atoms with van der Waals surface area (Å²) >= 11 is 0. The van der Waals surface area contributed by atoms with Gasteiger partial charge in [-0.05, 0) is 48.7 Å². The predicted octanol–water partition coefficient (Wildman–Crippen LogP) is 4.33. The molecule has 0 saturated heterocycles. The van der Waals surface area contributed by atoms with Gasteiger partial charge in [-0.25, -0.2) is 4.39 Å². The Balaban J connectivity index is 1.67. The highest BCUT2D eigenvalue weighted by Crippen LogP contribution is 2.31. The number of nitrogens with zero attached hydrogens (tertiary/aromatic N) is 1. The molecule has 2 heterocycles. The van der Waals surface area contributed by atoms with E-state index in [9.17, 15) is 14.0 Å². The van der Waals surface area contributed by atoms with E-state index in [2.05, 4.69) is 15.6 Å². The Labute approximate surface area is 161 Å². The van der Waals surface area contributed by atoms with Gasteiger partial charge in [0.2, 0.25) is 5.91 Å². The zero-order valence-electron chi connectivity index (χ0n) is 15.3. The van der Waals surface area contributed by atoms with E-state index in [1.165, 1.54) is 18.5 Å². The molecule has 0 bridgehead atoms. The van der Waals surface area contributed by atoms with Gasteiger partial charge in [0.15, 0.2) is 0 Å². The average molecular weight is 375 g/mol. The van der Waals surface area contributed by atoms with Crippen molar-refractivity contribution in [2.75, 3.05) is 10.6 Å². The molecule has 2 amide bonds. The van der Waals surface area contributed by atoms with Crippen molar-refractivity contribution in [1.82, 2.24) is 4.98 Å². The molecule has 0 aliphatic carbocycles. The van der Waals surface area contributed by atoms with Crippen molar-refractivity contribution in [2.24, 2.45) is 0 Å². The van der Waals surface area contributed by atoms with E-state index in [0.29, 0.717) is 35.2 Å². The largest absolute Gasteiger partial charge is 0.326 e. The molecule has 28 heavy (non-hydrogen) atoms. The number of hydrogen-bond donors (Lipinski definition) is 2. The van der Waals surface area contributed by atoms with Crippen molar-refractivity contribution in [1.29, 1.82) is 0 Å². The van der Waals surface area contributed by atoms with Crippen LogP contribution in [-0.2, 0) is 11.2 Å². The molecule has 1 aliphatic heterocycles. The number of carbonyl (C=O) groups is 2. The highest BCUT2D eigenvalue weighted by Gasteiger charge is 2.19. The number of pyridine rings is 1. The van der Waals surface area contributed by atoms with E-state index in [1.54, 1.807) is 24.3 Å². The SMILES string of the molecule is Cc1cc(NC(=O)c2ccncc2-c2ccccc2F)cc2c1NC(=O)CC2. The van der Waals surface area contributed by atoms with E-state index in [4.69, 9.17) is 0 Å². The molecule has 6 heteroatoms. The fourth-order valence-corrected chi connectivity index (χ4v) is 3.44. The first-order chi connectivity index (χ1) is 13.5. The molecule has 2 aromatic carbocycles. The second-order valence-electron chi connectivity index (χ2n) is 6.73. The van der Waals surface area contributed by atoms with Crippen LogP contribution in [0.4, 0.5) is 15.8 Å². The van der Waals surface area contributed by atoms with Crippen LogP contribution in [0.5, 0.6) is 0 Å². The van der Waals surface area contributed by atoms with Crippen molar-refractivity contribution < 1.29 is 14.0 Å². The molecule has 0 radical (unpaired) electrons. The van der Waals surface area contributed by atoms with Crippen LogP contribution in [0.25, 0.3) is 11.1 Å². The summed E-state index contributed by atoms with van der Waals surface area (Å²) < 4.78 is 14.2. The maximum atomic E-state index is 14.2. The summed E-state index contributed by atoms with van der Waals surface area (Å²) in [5.74, 6) is -0.761. The van der Waals surface area contributed by atoms with Crippen molar-refractivity contribution in [3.63, 3.8) is 0 Å². The Hall–Kier alpha value is -3.54. The van der Waals surface area contributed by atoms with Gasteiger partial charge >= 0.3 is 0 Å². The lowest BCUT2D eigenvalue weighted by Gasteiger charge is -2.20. The minimum atomic E-state index is -0.412. The third-order valence-electron chi connectivity index (χ3n) is 4.79. The van der Waals surface area contributed by atoms with Crippen molar-refractivity contribution >= 4 is 23.2 Å². The number of fused-ring (bicyclic) bond motifs is 1. The number of benzene rings is 2. The van der Waals surface area contributed by atoms with E-state index < -0.39 is 5.82 Å². The second-order valence-corrected chi connectivity index (χ2v) is 6.73. The maximum absolute atomic E-state index is 14.2. The average Bonchev–Trinajstić information content (AvgIpc) is 2.69. The lowest BCUT2D eigenvalue weighted by Crippen LogP contribution is -2.20. The Morgan fingerprint density at radius 3 is 2.79 bits per heavy atom. The lowest BCUT2D eigenvalue weighted by molar-refractivity contribution is -0.116. The Bertz CT molecular complexity index is 1090. The number of amides is 2. The van der Waals surface area contributed by atoms with Gasteiger partial charge in [0.25, 0.3) is 5.91 Å². The number of hydrogen-bond acceptors (Lipinski definition) is 3. The number of nitrogens with one attached hydrogen (secondary N) is 2. The van der Waals surface area contributed by atoms with Crippen LogP contribution >= 0.6 is 0 Å². The van der Waals surface area contributed by atoms with Gasteiger partial charge < -0.3 is 10.6 Å². The summed E-state index contributed by atoms with van der Waals surface area (Å²) in [4.78, 5) is 28.6. The molecule has 0 spiro atoms. The molecule has 0 saturated carbocycles.